The summed E-state index contributed by atoms with van der Waals surface area (Å²) in [6.45, 7) is 5.73. The molecule has 2 aromatic carbocycles. The first kappa shape index (κ1) is 21.0. The molecule has 0 radical (unpaired) electrons. The molecule has 30 heavy (non-hydrogen) atoms. The van der Waals surface area contributed by atoms with Crippen molar-refractivity contribution in [2.24, 2.45) is 0 Å². The molecule has 0 aliphatic carbocycles. The molecule has 2 heterocycles. The maximum atomic E-state index is 14.7. The average Bonchev–Trinajstić information content (AvgIpc) is 2.68. The maximum absolute atomic E-state index is 14.7. The van der Waals surface area contributed by atoms with Gasteiger partial charge < -0.3 is 5.11 Å². The first-order valence-corrected chi connectivity index (χ1v) is 11.0. The van der Waals surface area contributed by atoms with E-state index in [1.54, 1.807) is 26.1 Å². The second-order valence-corrected chi connectivity index (χ2v) is 9.59. The van der Waals surface area contributed by atoms with Crippen LogP contribution >= 0.6 is 15.9 Å². The SMILES string of the molecule is C[C@@H]1Cc2cc(-c3ccccc3O)ccc2[C@@H](c2ccc(Br)cn2)N1CC(C)(C)F. The number of phenols is 1. The van der Waals surface area contributed by atoms with Gasteiger partial charge in [0.2, 0.25) is 0 Å². The second-order valence-electron chi connectivity index (χ2n) is 8.68. The summed E-state index contributed by atoms with van der Waals surface area (Å²) in [4.78, 5) is 6.88. The number of benzene rings is 2. The van der Waals surface area contributed by atoms with Crippen LogP contribution in [0.15, 0.2) is 65.3 Å². The molecular weight excluding hydrogens is 443 g/mol. The van der Waals surface area contributed by atoms with Gasteiger partial charge >= 0.3 is 0 Å². The zero-order chi connectivity index (χ0) is 21.5. The van der Waals surface area contributed by atoms with Crippen molar-refractivity contribution < 1.29 is 9.50 Å². The molecule has 1 aliphatic rings. The summed E-state index contributed by atoms with van der Waals surface area (Å²) >= 11 is 3.46. The highest BCUT2D eigenvalue weighted by Crippen LogP contribution is 2.41. The Morgan fingerprint density at radius 2 is 1.93 bits per heavy atom. The number of aromatic hydroxyl groups is 1. The number of phenolic OH excluding ortho intramolecular Hbond substituents is 1. The number of nitrogens with zero attached hydrogens (tertiary/aromatic N) is 2. The van der Waals surface area contributed by atoms with Crippen LogP contribution in [0.3, 0.4) is 0 Å². The molecule has 5 heteroatoms. The fourth-order valence-electron chi connectivity index (χ4n) is 4.36. The number of alkyl halides is 1. The van der Waals surface area contributed by atoms with E-state index in [2.05, 4.69) is 44.9 Å². The van der Waals surface area contributed by atoms with Crippen molar-refractivity contribution >= 4 is 15.9 Å². The van der Waals surface area contributed by atoms with Crippen LogP contribution in [-0.4, -0.2) is 33.2 Å². The van der Waals surface area contributed by atoms with Crippen molar-refractivity contribution in [3.05, 3.63) is 82.1 Å². The van der Waals surface area contributed by atoms with Gasteiger partial charge in [-0.2, -0.15) is 0 Å². The lowest BCUT2D eigenvalue weighted by molar-refractivity contribution is 0.0664. The zero-order valence-corrected chi connectivity index (χ0v) is 19.0. The summed E-state index contributed by atoms with van der Waals surface area (Å²) < 4.78 is 15.6. The van der Waals surface area contributed by atoms with E-state index in [1.165, 1.54) is 5.56 Å². The Labute approximate surface area is 185 Å². The highest BCUT2D eigenvalue weighted by atomic mass is 79.9. The number of hydrogen-bond acceptors (Lipinski definition) is 3. The van der Waals surface area contributed by atoms with Gasteiger partial charge in [0.1, 0.15) is 11.4 Å². The minimum absolute atomic E-state index is 0.120. The molecule has 3 nitrogen and oxygen atoms in total. The van der Waals surface area contributed by atoms with Gasteiger partial charge in [-0.3, -0.25) is 9.88 Å². The van der Waals surface area contributed by atoms with Gasteiger partial charge in [0, 0.05) is 28.8 Å². The summed E-state index contributed by atoms with van der Waals surface area (Å²) in [5, 5.41) is 10.3. The van der Waals surface area contributed by atoms with E-state index < -0.39 is 5.67 Å². The van der Waals surface area contributed by atoms with Crippen LogP contribution in [0.2, 0.25) is 0 Å². The van der Waals surface area contributed by atoms with Crippen molar-refractivity contribution in [3.63, 3.8) is 0 Å². The lowest BCUT2D eigenvalue weighted by Gasteiger charge is -2.43. The van der Waals surface area contributed by atoms with Crippen LogP contribution in [-0.2, 0) is 6.42 Å². The van der Waals surface area contributed by atoms with E-state index in [1.807, 2.05) is 36.4 Å². The summed E-state index contributed by atoms with van der Waals surface area (Å²) in [7, 11) is 0. The summed E-state index contributed by atoms with van der Waals surface area (Å²) in [6, 6.07) is 17.7. The third-order valence-corrected chi connectivity index (χ3v) is 6.12. The molecule has 1 aromatic heterocycles. The minimum atomic E-state index is -1.31. The molecule has 0 bridgehead atoms. The normalized spacial score (nSPS) is 19.5. The lowest BCUT2D eigenvalue weighted by atomic mass is 9.84. The summed E-state index contributed by atoms with van der Waals surface area (Å²) in [6.07, 6.45) is 2.61. The van der Waals surface area contributed by atoms with Gasteiger partial charge in [0.05, 0.1) is 11.7 Å². The molecule has 0 spiro atoms. The van der Waals surface area contributed by atoms with E-state index in [4.69, 9.17) is 0 Å². The molecule has 0 unspecified atom stereocenters. The van der Waals surface area contributed by atoms with Crippen molar-refractivity contribution in [2.75, 3.05) is 6.54 Å². The standard InChI is InChI=1S/C25H26BrFN2O/c1-16-12-18-13-17(20-6-4-5-7-23(20)30)8-10-21(18)24(29(16)15-25(2,3)27)22-11-9-19(26)14-28-22/h4-11,13-14,16,24,30H,12,15H2,1-3H3/t16-,24+/m1/s1. The van der Waals surface area contributed by atoms with E-state index in [0.717, 1.165) is 33.3 Å². The molecule has 0 fully saturated rings. The molecule has 0 saturated carbocycles. The Morgan fingerprint density at radius 3 is 2.60 bits per heavy atom. The third-order valence-electron chi connectivity index (χ3n) is 5.65. The van der Waals surface area contributed by atoms with Crippen LogP contribution in [0.25, 0.3) is 11.1 Å². The Balaban J connectivity index is 1.82. The monoisotopic (exact) mass is 468 g/mol. The number of aromatic nitrogens is 1. The fourth-order valence-corrected chi connectivity index (χ4v) is 4.60. The van der Waals surface area contributed by atoms with E-state index in [-0.39, 0.29) is 17.8 Å². The molecule has 156 valence electrons. The largest absolute Gasteiger partial charge is 0.507 e. The molecule has 3 aromatic rings. The van der Waals surface area contributed by atoms with Gasteiger partial charge in [-0.05, 0) is 78.0 Å². The molecule has 0 saturated heterocycles. The van der Waals surface area contributed by atoms with Crippen LogP contribution < -0.4 is 0 Å². The predicted octanol–water partition coefficient (Wildman–Crippen LogP) is 6.30. The lowest BCUT2D eigenvalue weighted by Crippen LogP contribution is -2.48. The number of hydrogen-bond donors (Lipinski definition) is 1. The highest BCUT2D eigenvalue weighted by molar-refractivity contribution is 9.10. The molecule has 0 amide bonds. The molecule has 2 atom stereocenters. The maximum Gasteiger partial charge on any atom is 0.123 e. The molecule has 1 aliphatic heterocycles. The highest BCUT2D eigenvalue weighted by Gasteiger charge is 2.37. The molecule has 1 N–H and O–H groups in total. The number of rotatable bonds is 4. The average molecular weight is 469 g/mol. The predicted molar refractivity (Wildman–Crippen MR) is 122 cm³/mol. The molecular formula is C25H26BrFN2O. The number of para-hydroxylation sites is 1. The Kier molecular flexibility index (Phi) is 5.69. The van der Waals surface area contributed by atoms with E-state index in [9.17, 15) is 9.50 Å². The van der Waals surface area contributed by atoms with E-state index >= 15 is 0 Å². The van der Waals surface area contributed by atoms with Crippen molar-refractivity contribution in [1.82, 2.24) is 9.88 Å². The third kappa shape index (κ3) is 4.28. The quantitative estimate of drug-likeness (QED) is 0.487. The Bertz CT molecular complexity index is 1050. The first-order chi connectivity index (χ1) is 14.2. The van der Waals surface area contributed by atoms with Crippen molar-refractivity contribution in [2.45, 2.75) is 44.9 Å². The first-order valence-electron chi connectivity index (χ1n) is 10.2. The minimum Gasteiger partial charge on any atom is -0.507 e. The number of halogens is 2. The van der Waals surface area contributed by atoms with Crippen LogP contribution in [0, 0.1) is 0 Å². The second kappa shape index (κ2) is 8.12. The smallest absolute Gasteiger partial charge is 0.123 e. The van der Waals surface area contributed by atoms with Gasteiger partial charge in [0.15, 0.2) is 0 Å². The topological polar surface area (TPSA) is 36.4 Å². The Hall–Kier alpha value is -2.24. The van der Waals surface area contributed by atoms with Crippen LogP contribution in [0.5, 0.6) is 5.75 Å². The van der Waals surface area contributed by atoms with Gasteiger partial charge in [-0.15, -0.1) is 0 Å². The van der Waals surface area contributed by atoms with Gasteiger partial charge in [-0.1, -0.05) is 36.4 Å². The number of fused-ring (bicyclic) bond motifs is 1. The van der Waals surface area contributed by atoms with Crippen LogP contribution in [0.1, 0.15) is 43.6 Å². The van der Waals surface area contributed by atoms with E-state index in [0.29, 0.717) is 6.54 Å². The van der Waals surface area contributed by atoms with Crippen molar-refractivity contribution in [3.8, 4) is 16.9 Å². The molecule has 4 rings (SSSR count). The van der Waals surface area contributed by atoms with Crippen molar-refractivity contribution in [1.29, 1.82) is 0 Å². The van der Waals surface area contributed by atoms with Gasteiger partial charge in [0.25, 0.3) is 0 Å². The summed E-state index contributed by atoms with van der Waals surface area (Å²) in [5.74, 6) is 0.272. The van der Waals surface area contributed by atoms with Gasteiger partial charge in [-0.25, -0.2) is 4.39 Å². The Morgan fingerprint density at radius 1 is 1.17 bits per heavy atom. The number of pyridine rings is 1. The summed E-state index contributed by atoms with van der Waals surface area (Å²) in [5.41, 5.74) is 3.76. The fraction of sp³-hybridized carbons (Fsp3) is 0.320. The zero-order valence-electron chi connectivity index (χ0n) is 17.4. The van der Waals surface area contributed by atoms with Crippen LogP contribution in [0.4, 0.5) is 4.39 Å².